The Kier molecular flexibility index (Phi) is 4.73. The van der Waals surface area contributed by atoms with Crippen molar-refractivity contribution in [2.45, 2.75) is 51.3 Å². The van der Waals surface area contributed by atoms with Crippen LogP contribution in [0, 0.1) is 10.1 Å². The molecule has 20 heavy (non-hydrogen) atoms. The standard InChI is InChI=1S/C15H22N2O3/c1-3-15(2)10-13(7-8-20-15)16-11-12-5-4-6-14(9-12)17(18)19/h4-6,9,13,16H,3,7-8,10-11H2,1-2H3. The van der Waals surface area contributed by atoms with Gasteiger partial charge in [-0.05, 0) is 31.7 Å². The lowest BCUT2D eigenvalue weighted by Crippen LogP contribution is -2.44. The Balaban J connectivity index is 1.92. The lowest BCUT2D eigenvalue weighted by atomic mass is 9.90. The first kappa shape index (κ1) is 14.9. The molecule has 1 saturated heterocycles. The van der Waals surface area contributed by atoms with Gasteiger partial charge in [0.25, 0.3) is 5.69 Å². The summed E-state index contributed by atoms with van der Waals surface area (Å²) in [6.07, 6.45) is 2.98. The topological polar surface area (TPSA) is 64.4 Å². The second-order valence-corrected chi connectivity index (χ2v) is 5.65. The third-order valence-corrected chi connectivity index (χ3v) is 4.06. The summed E-state index contributed by atoms with van der Waals surface area (Å²) in [5.74, 6) is 0. The third-order valence-electron chi connectivity index (χ3n) is 4.06. The lowest BCUT2D eigenvalue weighted by Gasteiger charge is -2.38. The Labute approximate surface area is 119 Å². The van der Waals surface area contributed by atoms with Gasteiger partial charge in [0.2, 0.25) is 0 Å². The number of ether oxygens (including phenoxy) is 1. The highest BCUT2D eigenvalue weighted by Gasteiger charge is 2.31. The Bertz CT molecular complexity index is 478. The second kappa shape index (κ2) is 6.33. The van der Waals surface area contributed by atoms with Crippen LogP contribution in [-0.4, -0.2) is 23.2 Å². The number of nitrogens with zero attached hydrogens (tertiary/aromatic N) is 1. The molecule has 2 rings (SSSR count). The Morgan fingerprint density at radius 3 is 3.05 bits per heavy atom. The molecular formula is C15H22N2O3. The number of nitrogens with one attached hydrogen (secondary N) is 1. The summed E-state index contributed by atoms with van der Waals surface area (Å²) in [7, 11) is 0. The maximum Gasteiger partial charge on any atom is 0.269 e. The molecule has 2 atom stereocenters. The minimum absolute atomic E-state index is 0.0431. The van der Waals surface area contributed by atoms with E-state index in [1.807, 2.05) is 6.07 Å². The first-order valence-electron chi connectivity index (χ1n) is 7.13. The fraction of sp³-hybridized carbons (Fsp3) is 0.600. The van der Waals surface area contributed by atoms with Crippen molar-refractivity contribution in [3.05, 3.63) is 39.9 Å². The van der Waals surface area contributed by atoms with Gasteiger partial charge in [0, 0.05) is 31.3 Å². The van der Waals surface area contributed by atoms with E-state index in [0.717, 1.165) is 31.4 Å². The van der Waals surface area contributed by atoms with Gasteiger partial charge in [0.1, 0.15) is 0 Å². The summed E-state index contributed by atoms with van der Waals surface area (Å²) in [6, 6.07) is 7.21. The molecule has 1 N–H and O–H groups in total. The van der Waals surface area contributed by atoms with Crippen molar-refractivity contribution in [3.8, 4) is 0 Å². The molecule has 1 aliphatic rings. The number of hydrogen-bond donors (Lipinski definition) is 1. The number of nitro benzene ring substituents is 1. The lowest BCUT2D eigenvalue weighted by molar-refractivity contribution is -0.384. The fourth-order valence-corrected chi connectivity index (χ4v) is 2.59. The summed E-state index contributed by atoms with van der Waals surface area (Å²) < 4.78 is 5.82. The van der Waals surface area contributed by atoms with Gasteiger partial charge < -0.3 is 10.1 Å². The van der Waals surface area contributed by atoms with Crippen molar-refractivity contribution < 1.29 is 9.66 Å². The van der Waals surface area contributed by atoms with Crippen LogP contribution in [0.2, 0.25) is 0 Å². The van der Waals surface area contributed by atoms with Crippen LogP contribution in [0.3, 0.4) is 0 Å². The molecule has 0 radical (unpaired) electrons. The van der Waals surface area contributed by atoms with E-state index in [1.54, 1.807) is 12.1 Å². The average Bonchev–Trinajstić information content (AvgIpc) is 2.45. The van der Waals surface area contributed by atoms with Crippen molar-refractivity contribution in [2.75, 3.05) is 6.61 Å². The smallest absolute Gasteiger partial charge is 0.269 e. The van der Waals surface area contributed by atoms with Gasteiger partial charge in [-0.25, -0.2) is 0 Å². The first-order chi connectivity index (χ1) is 9.52. The summed E-state index contributed by atoms with van der Waals surface area (Å²) in [5, 5.41) is 14.2. The molecule has 0 saturated carbocycles. The number of nitro groups is 1. The molecule has 1 aromatic rings. The van der Waals surface area contributed by atoms with Crippen LogP contribution in [0.5, 0.6) is 0 Å². The predicted molar refractivity (Wildman–Crippen MR) is 77.6 cm³/mol. The van der Waals surface area contributed by atoms with Crippen molar-refractivity contribution in [3.63, 3.8) is 0 Å². The molecule has 2 unspecified atom stereocenters. The zero-order valence-electron chi connectivity index (χ0n) is 12.1. The van der Waals surface area contributed by atoms with Crippen LogP contribution in [-0.2, 0) is 11.3 Å². The monoisotopic (exact) mass is 278 g/mol. The van der Waals surface area contributed by atoms with Crippen LogP contribution in [0.15, 0.2) is 24.3 Å². The molecule has 5 nitrogen and oxygen atoms in total. The first-order valence-corrected chi connectivity index (χ1v) is 7.13. The fourth-order valence-electron chi connectivity index (χ4n) is 2.59. The Hall–Kier alpha value is -1.46. The highest BCUT2D eigenvalue weighted by Crippen LogP contribution is 2.27. The number of benzene rings is 1. The molecule has 0 bridgehead atoms. The largest absolute Gasteiger partial charge is 0.375 e. The highest BCUT2D eigenvalue weighted by molar-refractivity contribution is 5.34. The minimum atomic E-state index is -0.355. The molecule has 110 valence electrons. The zero-order valence-corrected chi connectivity index (χ0v) is 12.1. The molecule has 0 amide bonds. The molecular weight excluding hydrogens is 256 g/mol. The number of hydrogen-bond acceptors (Lipinski definition) is 4. The van der Waals surface area contributed by atoms with Crippen molar-refractivity contribution in [2.24, 2.45) is 0 Å². The van der Waals surface area contributed by atoms with E-state index in [4.69, 9.17) is 4.74 Å². The predicted octanol–water partition coefficient (Wildman–Crippen LogP) is 3.03. The van der Waals surface area contributed by atoms with E-state index >= 15 is 0 Å². The van der Waals surface area contributed by atoms with E-state index in [2.05, 4.69) is 19.2 Å². The maximum atomic E-state index is 10.8. The molecule has 5 heteroatoms. The average molecular weight is 278 g/mol. The van der Waals surface area contributed by atoms with Gasteiger partial charge in [0.05, 0.1) is 10.5 Å². The van der Waals surface area contributed by atoms with Crippen LogP contribution in [0.1, 0.15) is 38.7 Å². The molecule has 0 aliphatic carbocycles. The Morgan fingerprint density at radius 1 is 1.55 bits per heavy atom. The van der Waals surface area contributed by atoms with Crippen molar-refractivity contribution in [1.82, 2.24) is 5.32 Å². The molecule has 1 aromatic carbocycles. The molecule has 1 fully saturated rings. The van der Waals surface area contributed by atoms with Crippen molar-refractivity contribution in [1.29, 1.82) is 0 Å². The maximum absolute atomic E-state index is 10.8. The number of rotatable bonds is 5. The minimum Gasteiger partial charge on any atom is -0.375 e. The summed E-state index contributed by atoms with van der Waals surface area (Å²) >= 11 is 0. The van der Waals surface area contributed by atoms with Crippen LogP contribution in [0.25, 0.3) is 0 Å². The van der Waals surface area contributed by atoms with Crippen LogP contribution in [0.4, 0.5) is 5.69 Å². The van der Waals surface area contributed by atoms with Gasteiger partial charge in [0.15, 0.2) is 0 Å². The quantitative estimate of drug-likeness (QED) is 0.664. The Morgan fingerprint density at radius 2 is 2.35 bits per heavy atom. The van der Waals surface area contributed by atoms with Crippen LogP contribution < -0.4 is 5.32 Å². The third kappa shape index (κ3) is 3.77. The summed E-state index contributed by atoms with van der Waals surface area (Å²) in [5.41, 5.74) is 1.05. The molecule has 0 spiro atoms. The van der Waals surface area contributed by atoms with Gasteiger partial charge in [-0.1, -0.05) is 19.1 Å². The SMILES string of the molecule is CCC1(C)CC(NCc2cccc([N+](=O)[O-])c2)CCO1. The normalized spacial score (nSPS) is 26.4. The van der Waals surface area contributed by atoms with E-state index in [9.17, 15) is 10.1 Å². The highest BCUT2D eigenvalue weighted by atomic mass is 16.6. The number of non-ortho nitro benzene ring substituents is 1. The van der Waals surface area contributed by atoms with Gasteiger partial charge in [-0.2, -0.15) is 0 Å². The molecule has 1 heterocycles. The molecule has 0 aromatic heterocycles. The van der Waals surface area contributed by atoms with E-state index in [0.29, 0.717) is 12.6 Å². The van der Waals surface area contributed by atoms with Crippen LogP contribution >= 0.6 is 0 Å². The molecule has 1 aliphatic heterocycles. The van der Waals surface area contributed by atoms with E-state index in [-0.39, 0.29) is 16.2 Å². The van der Waals surface area contributed by atoms with Gasteiger partial charge in [-0.15, -0.1) is 0 Å². The zero-order chi connectivity index (χ0) is 14.6. The van der Waals surface area contributed by atoms with E-state index in [1.165, 1.54) is 6.07 Å². The van der Waals surface area contributed by atoms with Crippen molar-refractivity contribution >= 4 is 5.69 Å². The van der Waals surface area contributed by atoms with E-state index < -0.39 is 0 Å². The van der Waals surface area contributed by atoms with Gasteiger partial charge >= 0.3 is 0 Å². The summed E-state index contributed by atoms with van der Waals surface area (Å²) in [6.45, 7) is 5.72. The second-order valence-electron chi connectivity index (χ2n) is 5.65. The summed E-state index contributed by atoms with van der Waals surface area (Å²) in [4.78, 5) is 10.4. The van der Waals surface area contributed by atoms with Gasteiger partial charge in [-0.3, -0.25) is 10.1 Å².